The molecule has 0 aliphatic carbocycles. The molecule has 3 heterocycles. The molecular formula is C23H13N3O4Ru-2. The van der Waals surface area contributed by atoms with Crippen LogP contribution >= 0.6 is 0 Å². The van der Waals surface area contributed by atoms with Gasteiger partial charge in [0.15, 0.2) is 0 Å². The van der Waals surface area contributed by atoms with E-state index in [-0.39, 0.29) is 25.2 Å². The molecule has 0 fully saturated rings. The van der Waals surface area contributed by atoms with Crippen molar-refractivity contribution in [2.45, 2.75) is 0 Å². The summed E-state index contributed by atoms with van der Waals surface area (Å²) in [5.74, 6) is -0.802. The van der Waals surface area contributed by atoms with Crippen LogP contribution in [0.15, 0.2) is 66.9 Å². The molecule has 2 aromatic heterocycles. The van der Waals surface area contributed by atoms with Gasteiger partial charge in [0, 0.05) is 31.1 Å². The smallest absolute Gasteiger partial charge is 0 e. The minimum atomic E-state index is -0.446. The summed E-state index contributed by atoms with van der Waals surface area (Å²) in [5, 5.41) is 13.9. The molecule has 2 amide bonds. The molecule has 0 spiro atoms. The summed E-state index contributed by atoms with van der Waals surface area (Å²) >= 11 is 0. The van der Waals surface area contributed by atoms with Gasteiger partial charge in [0.2, 0.25) is 0 Å². The van der Waals surface area contributed by atoms with E-state index in [2.05, 4.69) is 21.9 Å². The molecule has 0 atom stereocenters. The summed E-state index contributed by atoms with van der Waals surface area (Å²) in [4.78, 5) is 33.5. The number of phenols is 1. The minimum absolute atomic E-state index is 0. The topological polar surface area (TPSA) is 113 Å². The maximum Gasteiger partial charge on any atom is 0 e. The predicted molar refractivity (Wildman–Crippen MR) is 110 cm³/mol. The molecule has 0 saturated heterocycles. The third-order valence-corrected chi connectivity index (χ3v) is 4.76. The predicted octanol–water partition coefficient (Wildman–Crippen LogP) is 3.45. The number of hydrogen-bond donors (Lipinski definition) is 2. The molecule has 8 heteroatoms. The van der Waals surface area contributed by atoms with Crippen molar-refractivity contribution in [1.82, 2.24) is 15.3 Å². The third kappa shape index (κ3) is 3.64. The molecule has 31 heavy (non-hydrogen) atoms. The fourth-order valence-corrected chi connectivity index (χ4v) is 3.62. The molecule has 0 bridgehead atoms. The summed E-state index contributed by atoms with van der Waals surface area (Å²) in [7, 11) is 0. The Bertz CT molecular complexity index is 1420. The van der Waals surface area contributed by atoms with E-state index in [0.717, 1.165) is 0 Å². The first-order valence-corrected chi connectivity index (χ1v) is 8.88. The quantitative estimate of drug-likeness (QED) is 0.148. The summed E-state index contributed by atoms with van der Waals surface area (Å²) < 4.78 is 7.50. The van der Waals surface area contributed by atoms with Crippen molar-refractivity contribution in [3.63, 3.8) is 0 Å². The van der Waals surface area contributed by atoms with Crippen molar-refractivity contribution in [3.05, 3.63) is 84.6 Å². The molecule has 5 aromatic rings. The minimum Gasteiger partial charge on any atom is -0.214 e. The number of nitrogens with one attached hydrogen (secondary N) is 1. The monoisotopic (exact) mass is 497 g/mol. The van der Waals surface area contributed by atoms with Gasteiger partial charge in [0.05, 0.1) is 16.6 Å². The Labute approximate surface area is 188 Å². The van der Waals surface area contributed by atoms with E-state index < -0.39 is 11.8 Å². The average molecular weight is 496 g/mol. The van der Waals surface area contributed by atoms with Gasteiger partial charge in [-0.15, -0.1) is 11.0 Å². The first kappa shape index (κ1) is 22.0. The van der Waals surface area contributed by atoms with Crippen LogP contribution < -0.4 is 10.3 Å². The van der Waals surface area contributed by atoms with E-state index in [9.17, 15) is 14.7 Å². The zero-order chi connectivity index (χ0) is 21.3. The summed E-state index contributed by atoms with van der Waals surface area (Å²) in [6.07, 6.45) is 1.62. The normalized spacial score (nSPS) is 11.7. The maximum atomic E-state index is 12.3. The number of aromatic hydroxyl groups is 1. The van der Waals surface area contributed by atoms with Gasteiger partial charge in [-0.3, -0.25) is 19.9 Å². The molecule has 3 aromatic carbocycles. The maximum absolute atomic E-state index is 12.3. The van der Waals surface area contributed by atoms with E-state index in [1.54, 1.807) is 30.5 Å². The fourth-order valence-electron chi connectivity index (χ4n) is 3.62. The first-order chi connectivity index (χ1) is 14.6. The third-order valence-electron chi connectivity index (χ3n) is 4.76. The van der Waals surface area contributed by atoms with E-state index in [0.29, 0.717) is 43.8 Å². The molecule has 154 valence electrons. The standard InChI is InChI=1S/C17H9N3O3.C5H5.CO.Ru/c21-7-3-4-10-9(6-7)11-13-12(16(22)20-17(13)23)8-2-1-5-18-14(8)15(11)19-10;1-2-4-5-3-1;1-2;/h1-6H,(H3,18,19,20,21,22,23);1-5H;;/q;-1;;/p-1. The Balaban J connectivity index is 0.000000297. The van der Waals surface area contributed by atoms with Crippen LogP contribution in [0.3, 0.4) is 0 Å². The number of fused-ring (bicyclic) bond motifs is 8. The van der Waals surface area contributed by atoms with E-state index in [1.807, 2.05) is 30.3 Å². The number of pyridine rings is 1. The number of benzene rings is 2. The van der Waals surface area contributed by atoms with Crippen LogP contribution in [0.2, 0.25) is 0 Å². The van der Waals surface area contributed by atoms with Gasteiger partial charge in [-0.1, -0.05) is 12.1 Å². The molecule has 2 N–H and O–H groups in total. The van der Waals surface area contributed by atoms with Gasteiger partial charge >= 0.3 is 11.3 Å². The molecule has 0 unspecified atom stereocenters. The Morgan fingerprint density at radius 3 is 2.39 bits per heavy atom. The van der Waals surface area contributed by atoms with Gasteiger partial charge < -0.3 is 10.1 Å². The van der Waals surface area contributed by atoms with Crippen LogP contribution in [0, 0.1) is 6.65 Å². The van der Waals surface area contributed by atoms with Crippen LogP contribution in [0.25, 0.3) is 32.7 Å². The zero-order valence-corrected chi connectivity index (χ0v) is 17.5. The van der Waals surface area contributed by atoms with Crippen molar-refractivity contribution in [2.24, 2.45) is 0 Å². The van der Waals surface area contributed by atoms with Crippen molar-refractivity contribution in [1.29, 1.82) is 0 Å². The van der Waals surface area contributed by atoms with Crippen molar-refractivity contribution >= 4 is 44.5 Å². The van der Waals surface area contributed by atoms with Gasteiger partial charge in [-0.05, 0) is 29.0 Å². The van der Waals surface area contributed by atoms with Crippen LogP contribution in [-0.2, 0) is 24.1 Å². The van der Waals surface area contributed by atoms with Crippen molar-refractivity contribution in [2.75, 3.05) is 0 Å². The molecule has 0 saturated carbocycles. The zero-order valence-electron chi connectivity index (χ0n) is 15.8. The second-order valence-electron chi connectivity index (χ2n) is 6.43. The fraction of sp³-hybridized carbons (Fsp3) is 0. The molecule has 1 aliphatic heterocycles. The van der Waals surface area contributed by atoms with Crippen LogP contribution in [0.5, 0.6) is 5.75 Å². The van der Waals surface area contributed by atoms with Crippen molar-refractivity contribution < 1.29 is 38.8 Å². The van der Waals surface area contributed by atoms with Gasteiger partial charge in [-0.2, -0.15) is 18.2 Å². The number of carbonyl (C=O) groups is 2. The first-order valence-electron chi connectivity index (χ1n) is 8.88. The van der Waals surface area contributed by atoms with E-state index >= 15 is 0 Å². The largest absolute Gasteiger partial charge is 0.214 e. The Morgan fingerprint density at radius 1 is 1.00 bits per heavy atom. The molecular weight excluding hydrogens is 483 g/mol. The number of imide groups is 1. The van der Waals surface area contributed by atoms with Crippen molar-refractivity contribution in [3.8, 4) is 5.75 Å². The van der Waals surface area contributed by atoms with Gasteiger partial charge in [-0.25, -0.2) is 12.1 Å². The van der Waals surface area contributed by atoms with Crippen LogP contribution in [0.4, 0.5) is 0 Å². The number of carbonyl (C=O) groups excluding carboxylic acids is 2. The van der Waals surface area contributed by atoms with Crippen LogP contribution in [0.1, 0.15) is 20.7 Å². The number of nitrogens with zero attached hydrogens (tertiary/aromatic N) is 2. The summed E-state index contributed by atoms with van der Waals surface area (Å²) in [5.41, 5.74) is 2.40. The van der Waals surface area contributed by atoms with E-state index in [4.69, 9.17) is 4.65 Å². The second kappa shape index (κ2) is 8.98. The van der Waals surface area contributed by atoms with E-state index in [1.165, 1.54) is 6.07 Å². The number of aromatic nitrogens is 2. The number of amides is 2. The Kier molecular flexibility index (Phi) is 6.37. The number of phenolic OH excluding ortho intramolecular Hbond substituents is 1. The summed E-state index contributed by atoms with van der Waals surface area (Å²) in [6.45, 7) is 4.50. The molecule has 1 aliphatic rings. The van der Waals surface area contributed by atoms with Gasteiger partial charge in [0.1, 0.15) is 5.75 Å². The second-order valence-corrected chi connectivity index (χ2v) is 6.43. The SMILES string of the molecule is O=C1NC(=O)c2c1c1cccnc1c1[n-]c3ccc(O)cc3c21.[C-]#[O+].[Ru].c1cc[cH-]c1. The molecule has 6 rings (SSSR count). The molecule has 7 nitrogen and oxygen atoms in total. The summed E-state index contributed by atoms with van der Waals surface area (Å²) in [6, 6.07) is 18.3. The average Bonchev–Trinajstić information content (AvgIpc) is 3.50. The number of hydrogen-bond acceptors (Lipinski definition) is 4. The Morgan fingerprint density at radius 2 is 1.71 bits per heavy atom. The van der Waals surface area contributed by atoms with Gasteiger partial charge in [0.25, 0.3) is 11.8 Å². The number of rotatable bonds is 0. The molecule has 0 radical (unpaired) electrons. The Hall–Kier alpha value is -3.70. The van der Waals surface area contributed by atoms with Crippen LogP contribution in [-0.4, -0.2) is 21.9 Å².